The Morgan fingerprint density at radius 2 is 2.21 bits per heavy atom. The van der Waals surface area contributed by atoms with Gasteiger partial charge in [0.05, 0.1) is 13.7 Å². The predicted octanol–water partition coefficient (Wildman–Crippen LogP) is 3.15. The van der Waals surface area contributed by atoms with E-state index < -0.39 is 0 Å². The van der Waals surface area contributed by atoms with Crippen LogP contribution in [0.25, 0.3) is 0 Å². The van der Waals surface area contributed by atoms with Crippen LogP contribution in [0.1, 0.15) is 29.2 Å². The topological polar surface area (TPSA) is 58.5 Å². The Balaban J connectivity index is 1.99. The van der Waals surface area contributed by atoms with Crippen LogP contribution in [0.15, 0.2) is 35.5 Å². The number of nitrogens with zero attached hydrogens (tertiary/aromatic N) is 2. The van der Waals surface area contributed by atoms with Crippen molar-refractivity contribution in [3.8, 4) is 5.88 Å². The van der Waals surface area contributed by atoms with E-state index in [1.165, 1.54) is 9.75 Å². The Hall–Kier alpha value is -2.08. The van der Waals surface area contributed by atoms with Crippen molar-refractivity contribution < 1.29 is 4.74 Å². The molecule has 0 aliphatic rings. The molecular weight excluding hydrogens is 320 g/mol. The van der Waals surface area contributed by atoms with Gasteiger partial charge in [-0.3, -0.25) is 0 Å². The number of nitrogens with one attached hydrogen (secondary N) is 2. The van der Waals surface area contributed by atoms with Gasteiger partial charge >= 0.3 is 0 Å². The Kier molecular flexibility index (Phi) is 7.06. The molecule has 0 bridgehead atoms. The number of rotatable bonds is 7. The fourth-order valence-electron chi connectivity index (χ4n) is 2.39. The van der Waals surface area contributed by atoms with Crippen LogP contribution in [0.2, 0.25) is 0 Å². The van der Waals surface area contributed by atoms with E-state index >= 15 is 0 Å². The summed E-state index contributed by atoms with van der Waals surface area (Å²) in [5.41, 5.74) is 0.971. The highest BCUT2D eigenvalue weighted by Gasteiger charge is 2.09. The lowest BCUT2D eigenvalue weighted by atomic mass is 10.2. The molecule has 2 aromatic heterocycles. The molecule has 0 saturated heterocycles. The van der Waals surface area contributed by atoms with Crippen molar-refractivity contribution in [2.75, 3.05) is 13.7 Å². The van der Waals surface area contributed by atoms with Crippen LogP contribution in [0.3, 0.4) is 0 Å². The second-order valence-corrected chi connectivity index (χ2v) is 7.00. The zero-order valence-electron chi connectivity index (χ0n) is 14.8. The van der Waals surface area contributed by atoms with Crippen LogP contribution in [-0.2, 0) is 13.0 Å². The first-order valence-corrected chi connectivity index (χ1v) is 9.02. The standard InChI is InChI=1S/C18H26N4OS/c1-5-19-18(21-12-15-7-6-10-20-17(15)23-4)22-13(2)11-16-9-8-14(3)24-16/h6-10,13H,5,11-12H2,1-4H3,(H2,19,21,22). The highest BCUT2D eigenvalue weighted by Crippen LogP contribution is 2.17. The fraction of sp³-hybridized carbons (Fsp3) is 0.444. The number of methoxy groups -OCH3 is 1. The smallest absolute Gasteiger partial charge is 0.218 e. The van der Waals surface area contributed by atoms with E-state index in [0.717, 1.165) is 24.5 Å². The molecule has 2 rings (SSSR count). The van der Waals surface area contributed by atoms with Crippen LogP contribution in [0.5, 0.6) is 5.88 Å². The van der Waals surface area contributed by atoms with E-state index in [-0.39, 0.29) is 0 Å². The van der Waals surface area contributed by atoms with Gasteiger partial charge in [0.2, 0.25) is 5.88 Å². The number of thiophene rings is 1. The number of guanidine groups is 1. The van der Waals surface area contributed by atoms with Gasteiger partial charge in [-0.2, -0.15) is 0 Å². The van der Waals surface area contributed by atoms with Gasteiger partial charge in [0.15, 0.2) is 5.96 Å². The van der Waals surface area contributed by atoms with Crippen LogP contribution in [0.4, 0.5) is 0 Å². The maximum absolute atomic E-state index is 5.28. The van der Waals surface area contributed by atoms with Gasteiger partial charge in [-0.05, 0) is 39.0 Å². The summed E-state index contributed by atoms with van der Waals surface area (Å²) in [6.45, 7) is 7.72. The molecule has 0 aliphatic heterocycles. The molecule has 130 valence electrons. The zero-order valence-corrected chi connectivity index (χ0v) is 15.6. The third kappa shape index (κ3) is 5.53. The summed E-state index contributed by atoms with van der Waals surface area (Å²) in [6.07, 6.45) is 2.71. The average molecular weight is 347 g/mol. The molecule has 5 nitrogen and oxygen atoms in total. The van der Waals surface area contributed by atoms with E-state index in [0.29, 0.717) is 18.5 Å². The van der Waals surface area contributed by atoms with Crippen LogP contribution >= 0.6 is 11.3 Å². The van der Waals surface area contributed by atoms with E-state index in [1.807, 2.05) is 23.5 Å². The van der Waals surface area contributed by atoms with Gasteiger partial charge in [-0.25, -0.2) is 9.98 Å². The number of aromatic nitrogens is 1. The van der Waals surface area contributed by atoms with Crippen molar-refractivity contribution >= 4 is 17.3 Å². The first-order valence-electron chi connectivity index (χ1n) is 8.20. The second-order valence-electron chi connectivity index (χ2n) is 5.63. The normalized spacial score (nSPS) is 12.8. The maximum atomic E-state index is 5.28. The predicted molar refractivity (Wildman–Crippen MR) is 101 cm³/mol. The molecule has 1 atom stereocenters. The molecule has 0 aliphatic carbocycles. The SMILES string of the molecule is CCNC(=NCc1cccnc1OC)NC(C)Cc1ccc(C)s1. The van der Waals surface area contributed by atoms with Crippen molar-refractivity contribution in [3.05, 3.63) is 45.8 Å². The van der Waals surface area contributed by atoms with Gasteiger partial charge in [-0.15, -0.1) is 11.3 Å². The summed E-state index contributed by atoms with van der Waals surface area (Å²) in [5.74, 6) is 1.43. The first-order chi connectivity index (χ1) is 11.6. The summed E-state index contributed by atoms with van der Waals surface area (Å²) in [4.78, 5) is 11.6. The van der Waals surface area contributed by atoms with E-state index in [4.69, 9.17) is 4.74 Å². The molecule has 0 radical (unpaired) electrons. The molecule has 0 amide bonds. The van der Waals surface area contributed by atoms with Crippen molar-refractivity contribution in [3.63, 3.8) is 0 Å². The molecule has 0 saturated carbocycles. The number of aryl methyl sites for hydroxylation is 1. The van der Waals surface area contributed by atoms with Crippen molar-refractivity contribution in [1.29, 1.82) is 0 Å². The molecule has 0 spiro atoms. The number of hydrogen-bond donors (Lipinski definition) is 2. The monoisotopic (exact) mass is 346 g/mol. The highest BCUT2D eigenvalue weighted by atomic mass is 32.1. The van der Waals surface area contributed by atoms with Gasteiger partial charge < -0.3 is 15.4 Å². The number of hydrogen-bond acceptors (Lipinski definition) is 4. The average Bonchev–Trinajstić information content (AvgIpc) is 2.97. The van der Waals surface area contributed by atoms with Crippen LogP contribution in [-0.4, -0.2) is 30.6 Å². The molecule has 24 heavy (non-hydrogen) atoms. The maximum Gasteiger partial charge on any atom is 0.218 e. The van der Waals surface area contributed by atoms with Gasteiger partial charge in [0.25, 0.3) is 0 Å². The molecular formula is C18H26N4OS. The second kappa shape index (κ2) is 9.27. The van der Waals surface area contributed by atoms with Crippen molar-refractivity contribution in [1.82, 2.24) is 15.6 Å². The molecule has 2 heterocycles. The van der Waals surface area contributed by atoms with Gasteiger partial charge in [-0.1, -0.05) is 6.07 Å². The Bertz CT molecular complexity index is 669. The lowest BCUT2D eigenvalue weighted by Gasteiger charge is -2.17. The van der Waals surface area contributed by atoms with E-state index in [1.54, 1.807) is 13.3 Å². The van der Waals surface area contributed by atoms with E-state index in [9.17, 15) is 0 Å². The number of aliphatic imine (C=N–C) groups is 1. The summed E-state index contributed by atoms with van der Waals surface area (Å²) in [5, 5.41) is 6.76. The van der Waals surface area contributed by atoms with Crippen LogP contribution < -0.4 is 15.4 Å². The molecule has 2 aromatic rings. The quantitative estimate of drug-likeness (QED) is 0.597. The third-order valence-electron chi connectivity index (χ3n) is 3.48. The summed E-state index contributed by atoms with van der Waals surface area (Å²) >= 11 is 1.85. The Morgan fingerprint density at radius 3 is 2.88 bits per heavy atom. The largest absolute Gasteiger partial charge is 0.481 e. The molecule has 6 heteroatoms. The summed E-state index contributed by atoms with van der Waals surface area (Å²) < 4.78 is 5.28. The first kappa shape index (κ1) is 18.3. The Labute approximate surface area is 148 Å². The highest BCUT2D eigenvalue weighted by molar-refractivity contribution is 7.11. The van der Waals surface area contributed by atoms with Crippen molar-refractivity contribution in [2.24, 2.45) is 4.99 Å². The minimum atomic E-state index is 0.302. The summed E-state index contributed by atoms with van der Waals surface area (Å²) in [6, 6.07) is 8.55. The molecule has 0 aromatic carbocycles. The lowest BCUT2D eigenvalue weighted by Crippen LogP contribution is -2.43. The lowest BCUT2D eigenvalue weighted by molar-refractivity contribution is 0.392. The Morgan fingerprint density at radius 1 is 1.38 bits per heavy atom. The van der Waals surface area contributed by atoms with Gasteiger partial charge in [0.1, 0.15) is 0 Å². The van der Waals surface area contributed by atoms with Crippen molar-refractivity contribution in [2.45, 2.75) is 39.8 Å². The number of ether oxygens (including phenoxy) is 1. The fourth-order valence-corrected chi connectivity index (χ4v) is 3.41. The minimum absolute atomic E-state index is 0.302. The van der Waals surface area contributed by atoms with Gasteiger partial charge in [0, 0.05) is 40.5 Å². The third-order valence-corrected chi connectivity index (χ3v) is 4.50. The zero-order chi connectivity index (χ0) is 17.4. The molecule has 0 fully saturated rings. The minimum Gasteiger partial charge on any atom is -0.481 e. The van der Waals surface area contributed by atoms with E-state index in [2.05, 4.69) is 53.5 Å². The summed E-state index contributed by atoms with van der Waals surface area (Å²) in [7, 11) is 1.63. The molecule has 2 N–H and O–H groups in total. The number of pyridine rings is 1. The van der Waals surface area contributed by atoms with Crippen LogP contribution in [0, 0.1) is 6.92 Å². The molecule has 1 unspecified atom stereocenters.